The summed E-state index contributed by atoms with van der Waals surface area (Å²) in [6.07, 6.45) is 3.54. The summed E-state index contributed by atoms with van der Waals surface area (Å²) in [5, 5.41) is 0. The van der Waals surface area contributed by atoms with Gasteiger partial charge < -0.3 is 5.73 Å². The summed E-state index contributed by atoms with van der Waals surface area (Å²) >= 11 is 0. The predicted molar refractivity (Wildman–Crippen MR) is 92.1 cm³/mol. The molecule has 0 spiro atoms. The molecule has 0 saturated heterocycles. The van der Waals surface area contributed by atoms with Gasteiger partial charge in [0.05, 0.1) is 0 Å². The molecule has 2 N–H and O–H groups in total. The first kappa shape index (κ1) is 15.0. The first-order chi connectivity index (χ1) is 11.2. The van der Waals surface area contributed by atoms with E-state index < -0.39 is 5.91 Å². The lowest BCUT2D eigenvalue weighted by Gasteiger charge is -2.18. The molecule has 2 aromatic carbocycles. The maximum atomic E-state index is 11.6. The average molecular weight is 302 g/mol. The zero-order valence-electron chi connectivity index (χ0n) is 12.9. The Morgan fingerprint density at radius 3 is 2.35 bits per heavy atom. The number of primary amides is 1. The van der Waals surface area contributed by atoms with E-state index >= 15 is 0 Å². The molecule has 0 unspecified atom stereocenters. The van der Waals surface area contributed by atoms with E-state index in [-0.39, 0.29) is 5.92 Å². The Kier molecular flexibility index (Phi) is 4.20. The first-order valence-electron chi connectivity index (χ1n) is 7.56. The summed E-state index contributed by atoms with van der Waals surface area (Å²) in [5.74, 6) is -0.258. The largest absolute Gasteiger partial charge is 0.366 e. The summed E-state index contributed by atoms with van der Waals surface area (Å²) < 4.78 is 0. The molecule has 1 atom stereocenters. The fourth-order valence-corrected chi connectivity index (χ4v) is 2.79. The van der Waals surface area contributed by atoms with Crippen LogP contribution in [0.5, 0.6) is 0 Å². The molecule has 1 amide bonds. The maximum Gasteiger partial charge on any atom is 0.248 e. The van der Waals surface area contributed by atoms with Gasteiger partial charge in [0, 0.05) is 23.9 Å². The molecule has 0 fully saturated rings. The third-order valence-corrected chi connectivity index (χ3v) is 4.09. The highest BCUT2D eigenvalue weighted by Gasteiger charge is 2.16. The van der Waals surface area contributed by atoms with Crippen LogP contribution in [0.4, 0.5) is 0 Å². The maximum absolute atomic E-state index is 11.6. The number of rotatable bonds is 4. The van der Waals surface area contributed by atoms with Crippen LogP contribution in [0.2, 0.25) is 0 Å². The molecule has 1 heterocycles. The van der Waals surface area contributed by atoms with E-state index in [1.807, 2.05) is 42.5 Å². The number of benzene rings is 2. The molecule has 0 saturated carbocycles. The van der Waals surface area contributed by atoms with Gasteiger partial charge in [0.1, 0.15) is 0 Å². The van der Waals surface area contributed by atoms with Crippen molar-refractivity contribution in [2.24, 2.45) is 5.73 Å². The number of nitrogens with zero attached hydrogens (tertiary/aromatic N) is 1. The summed E-state index contributed by atoms with van der Waals surface area (Å²) in [5.41, 5.74) is 10.4. The summed E-state index contributed by atoms with van der Waals surface area (Å²) in [7, 11) is 0. The van der Waals surface area contributed by atoms with Gasteiger partial charge >= 0.3 is 0 Å². The van der Waals surface area contributed by atoms with Crippen molar-refractivity contribution < 1.29 is 4.79 Å². The molecule has 0 aliphatic rings. The van der Waals surface area contributed by atoms with Gasteiger partial charge in [-0.25, -0.2) is 0 Å². The van der Waals surface area contributed by atoms with Crippen molar-refractivity contribution in [2.75, 3.05) is 0 Å². The number of carbonyl (C=O) groups is 1. The van der Waals surface area contributed by atoms with E-state index in [1.54, 1.807) is 18.5 Å². The Hall–Kier alpha value is -2.94. The van der Waals surface area contributed by atoms with E-state index in [0.717, 1.165) is 16.7 Å². The van der Waals surface area contributed by atoms with Crippen LogP contribution >= 0.6 is 0 Å². The lowest BCUT2D eigenvalue weighted by molar-refractivity contribution is 0.1000. The van der Waals surface area contributed by atoms with E-state index in [4.69, 9.17) is 5.73 Å². The van der Waals surface area contributed by atoms with Crippen molar-refractivity contribution in [2.45, 2.75) is 12.8 Å². The zero-order valence-corrected chi connectivity index (χ0v) is 12.9. The van der Waals surface area contributed by atoms with Crippen molar-refractivity contribution in [1.82, 2.24) is 4.98 Å². The minimum absolute atomic E-state index is 0.152. The molecule has 23 heavy (non-hydrogen) atoms. The van der Waals surface area contributed by atoms with Gasteiger partial charge in [-0.05, 0) is 46.5 Å². The Morgan fingerprint density at radius 2 is 1.70 bits per heavy atom. The van der Waals surface area contributed by atoms with Gasteiger partial charge in [-0.15, -0.1) is 0 Å². The van der Waals surface area contributed by atoms with Gasteiger partial charge in [0.25, 0.3) is 0 Å². The molecule has 0 radical (unpaired) electrons. The van der Waals surface area contributed by atoms with Crippen molar-refractivity contribution in [3.05, 3.63) is 89.7 Å². The predicted octanol–water partition coefficient (Wildman–Crippen LogP) is 4.00. The Balaban J connectivity index is 2.15. The third kappa shape index (κ3) is 3.14. The highest BCUT2D eigenvalue weighted by molar-refractivity contribution is 5.94. The molecule has 0 aliphatic heterocycles. The van der Waals surface area contributed by atoms with Crippen molar-refractivity contribution >= 4 is 5.91 Å². The number of hydrogen-bond acceptors (Lipinski definition) is 2. The fourth-order valence-electron chi connectivity index (χ4n) is 2.79. The smallest absolute Gasteiger partial charge is 0.248 e. The van der Waals surface area contributed by atoms with Crippen LogP contribution in [0.1, 0.15) is 34.3 Å². The lowest BCUT2D eigenvalue weighted by Crippen LogP contribution is -2.12. The monoisotopic (exact) mass is 302 g/mol. The lowest BCUT2D eigenvalue weighted by atomic mass is 9.86. The second-order valence-corrected chi connectivity index (χ2v) is 5.53. The van der Waals surface area contributed by atoms with Crippen molar-refractivity contribution in [3.8, 4) is 11.1 Å². The number of aromatic nitrogens is 1. The van der Waals surface area contributed by atoms with Crippen LogP contribution in [0.3, 0.4) is 0 Å². The van der Waals surface area contributed by atoms with Crippen LogP contribution in [0.15, 0.2) is 73.1 Å². The van der Waals surface area contributed by atoms with Crippen LogP contribution in [-0.4, -0.2) is 10.9 Å². The molecule has 1 aromatic heterocycles. The van der Waals surface area contributed by atoms with Crippen molar-refractivity contribution in [3.63, 3.8) is 0 Å². The first-order valence-corrected chi connectivity index (χ1v) is 7.56. The van der Waals surface area contributed by atoms with Crippen LogP contribution in [0, 0.1) is 0 Å². The van der Waals surface area contributed by atoms with Gasteiger partial charge in [0.2, 0.25) is 5.91 Å². The Morgan fingerprint density at radius 1 is 1.00 bits per heavy atom. The van der Waals surface area contributed by atoms with Crippen LogP contribution in [0.25, 0.3) is 11.1 Å². The summed E-state index contributed by atoms with van der Waals surface area (Å²) in [6, 6.07) is 19.8. The van der Waals surface area contributed by atoms with Gasteiger partial charge in [-0.3, -0.25) is 9.78 Å². The molecule has 114 valence electrons. The molecule has 0 aliphatic carbocycles. The Labute approximate surface area is 135 Å². The SMILES string of the molecule is C[C@H](c1ccccc1)c1cc(C(N)=O)ccc1-c1ccncc1. The van der Waals surface area contributed by atoms with E-state index in [1.165, 1.54) is 5.56 Å². The quantitative estimate of drug-likeness (QED) is 0.792. The van der Waals surface area contributed by atoms with Crippen molar-refractivity contribution in [1.29, 1.82) is 0 Å². The molecule has 0 bridgehead atoms. The minimum atomic E-state index is -0.409. The number of pyridine rings is 1. The summed E-state index contributed by atoms with van der Waals surface area (Å²) in [6.45, 7) is 2.14. The molecule has 3 aromatic rings. The second-order valence-electron chi connectivity index (χ2n) is 5.53. The van der Waals surface area contributed by atoms with Gasteiger partial charge in [-0.1, -0.05) is 43.3 Å². The molecular weight excluding hydrogens is 284 g/mol. The molecule has 3 rings (SSSR count). The molecular formula is C20H18N2O. The highest BCUT2D eigenvalue weighted by Crippen LogP contribution is 2.33. The molecule has 3 heteroatoms. The standard InChI is InChI=1S/C20H18N2O/c1-14(15-5-3-2-4-6-15)19-13-17(20(21)23)7-8-18(19)16-9-11-22-12-10-16/h2-14H,1H3,(H2,21,23)/t14-/m1/s1. The van der Waals surface area contributed by atoms with E-state index in [0.29, 0.717) is 5.56 Å². The minimum Gasteiger partial charge on any atom is -0.366 e. The highest BCUT2D eigenvalue weighted by atomic mass is 16.1. The number of carbonyl (C=O) groups excluding carboxylic acids is 1. The van der Waals surface area contributed by atoms with Gasteiger partial charge in [0.15, 0.2) is 0 Å². The fraction of sp³-hybridized carbons (Fsp3) is 0.100. The Bertz CT molecular complexity index is 814. The molecule has 3 nitrogen and oxygen atoms in total. The normalized spacial score (nSPS) is 11.9. The zero-order chi connectivity index (χ0) is 16.2. The second kappa shape index (κ2) is 6.44. The topological polar surface area (TPSA) is 56.0 Å². The number of hydrogen-bond donors (Lipinski definition) is 1. The average Bonchev–Trinajstić information content (AvgIpc) is 2.62. The third-order valence-electron chi connectivity index (χ3n) is 4.09. The summed E-state index contributed by atoms with van der Waals surface area (Å²) in [4.78, 5) is 15.6. The van der Waals surface area contributed by atoms with Crippen LogP contribution in [-0.2, 0) is 0 Å². The van der Waals surface area contributed by atoms with Gasteiger partial charge in [-0.2, -0.15) is 0 Å². The van der Waals surface area contributed by atoms with E-state index in [2.05, 4.69) is 24.0 Å². The van der Waals surface area contributed by atoms with Crippen LogP contribution < -0.4 is 5.73 Å². The number of nitrogens with two attached hydrogens (primary N) is 1. The number of amides is 1. The van der Waals surface area contributed by atoms with E-state index in [9.17, 15) is 4.79 Å².